The Balaban J connectivity index is 3.42. The van der Waals surface area contributed by atoms with Crippen molar-refractivity contribution in [3.8, 4) is 0 Å². The van der Waals surface area contributed by atoms with Gasteiger partial charge in [0.15, 0.2) is 0 Å². The summed E-state index contributed by atoms with van der Waals surface area (Å²) in [5.41, 5.74) is 0.754. The lowest BCUT2D eigenvalue weighted by Crippen LogP contribution is -2.27. The van der Waals surface area contributed by atoms with Crippen LogP contribution >= 0.6 is 0 Å². The molecule has 0 heterocycles. The summed E-state index contributed by atoms with van der Waals surface area (Å²) in [5, 5.41) is 8.87. The van der Waals surface area contributed by atoms with Gasteiger partial charge in [0, 0.05) is 19.2 Å². The highest BCUT2D eigenvalue weighted by Crippen LogP contribution is 1.98. The van der Waals surface area contributed by atoms with E-state index >= 15 is 0 Å². The normalized spacial score (nSPS) is 10.6. The van der Waals surface area contributed by atoms with Crippen LogP contribution in [0.4, 0.5) is 9.59 Å². The van der Waals surface area contributed by atoms with Crippen LogP contribution in [0.2, 0.25) is 0 Å². The highest BCUT2D eigenvalue weighted by Gasteiger charge is 2.03. The lowest BCUT2D eigenvalue weighted by Gasteiger charge is -2.07. The predicted molar refractivity (Wildman–Crippen MR) is 96.9 cm³/mol. The summed E-state index contributed by atoms with van der Waals surface area (Å²) in [6, 6.07) is 0. The van der Waals surface area contributed by atoms with Crippen molar-refractivity contribution in [3.63, 3.8) is 0 Å². The summed E-state index contributed by atoms with van der Waals surface area (Å²) in [6.07, 6.45) is 4.09. The van der Waals surface area contributed by atoms with Gasteiger partial charge in [0.2, 0.25) is 0 Å². The van der Waals surface area contributed by atoms with Gasteiger partial charge in [-0.1, -0.05) is 31.5 Å². The smallest absolute Gasteiger partial charge is 0.433 e. The van der Waals surface area contributed by atoms with E-state index in [0.29, 0.717) is 13.1 Å². The molecular formula is C17H29N3O6. The number of oxime groups is 1. The van der Waals surface area contributed by atoms with Crippen molar-refractivity contribution < 1.29 is 28.7 Å². The van der Waals surface area contributed by atoms with Crippen molar-refractivity contribution >= 4 is 23.9 Å². The number of nitrogens with one attached hydrogen (secondary N) is 2. The van der Waals surface area contributed by atoms with E-state index < -0.39 is 18.2 Å². The van der Waals surface area contributed by atoms with Gasteiger partial charge in [0.25, 0.3) is 0 Å². The molecule has 2 N–H and O–H groups in total. The van der Waals surface area contributed by atoms with Crippen LogP contribution in [-0.2, 0) is 19.1 Å². The second-order valence-corrected chi connectivity index (χ2v) is 5.33. The van der Waals surface area contributed by atoms with E-state index in [4.69, 9.17) is 4.74 Å². The summed E-state index contributed by atoms with van der Waals surface area (Å²) in [7, 11) is 0. The Kier molecular flexibility index (Phi) is 14.3. The minimum absolute atomic E-state index is 0.00294. The maximum atomic E-state index is 11.3. The van der Waals surface area contributed by atoms with Crippen LogP contribution in [0.3, 0.4) is 0 Å². The largest absolute Gasteiger partial charge is 0.459 e. The fourth-order valence-electron chi connectivity index (χ4n) is 1.59. The molecule has 0 aromatic heterocycles. The monoisotopic (exact) mass is 371 g/mol. The second-order valence-electron chi connectivity index (χ2n) is 5.33. The molecule has 26 heavy (non-hydrogen) atoms. The fraction of sp³-hybridized carbons (Fsp3) is 0.647. The lowest BCUT2D eigenvalue weighted by molar-refractivity contribution is -0.138. The molecule has 9 heteroatoms. The molecule has 0 aliphatic rings. The molecule has 0 atom stereocenters. The maximum Gasteiger partial charge on any atom is 0.433 e. The van der Waals surface area contributed by atoms with Gasteiger partial charge in [-0.25, -0.2) is 14.4 Å². The van der Waals surface area contributed by atoms with Crippen molar-refractivity contribution in [2.24, 2.45) is 5.16 Å². The average molecular weight is 371 g/mol. The first-order valence-electron chi connectivity index (χ1n) is 8.67. The molecule has 0 bridgehead atoms. The van der Waals surface area contributed by atoms with E-state index in [1.54, 1.807) is 6.92 Å². The summed E-state index contributed by atoms with van der Waals surface area (Å²) >= 11 is 0. The first kappa shape index (κ1) is 23.4. The summed E-state index contributed by atoms with van der Waals surface area (Å²) in [6.45, 7) is 7.96. The molecule has 0 radical (unpaired) electrons. The highest BCUT2D eigenvalue weighted by atomic mass is 16.7. The molecule has 0 unspecified atom stereocenters. The van der Waals surface area contributed by atoms with Crippen LogP contribution in [0.25, 0.3) is 0 Å². The number of carbonyl (C=O) groups is 3. The zero-order valence-corrected chi connectivity index (χ0v) is 15.5. The van der Waals surface area contributed by atoms with Crippen LogP contribution in [0.15, 0.2) is 17.8 Å². The van der Waals surface area contributed by atoms with Crippen LogP contribution < -0.4 is 10.6 Å². The summed E-state index contributed by atoms with van der Waals surface area (Å²) < 4.78 is 9.49. The number of hydrogen-bond donors (Lipinski definition) is 2. The lowest BCUT2D eigenvalue weighted by atomic mass is 10.2. The molecule has 0 saturated heterocycles. The number of unbranched alkanes of at least 4 members (excludes halogenated alkanes) is 3. The third-order valence-electron chi connectivity index (χ3n) is 3.17. The van der Waals surface area contributed by atoms with E-state index in [1.807, 2.05) is 6.92 Å². The predicted octanol–water partition coefficient (Wildman–Crippen LogP) is 2.51. The summed E-state index contributed by atoms with van der Waals surface area (Å²) in [5.74, 6) is -0.555. The molecule has 0 aromatic carbocycles. The van der Waals surface area contributed by atoms with Crippen molar-refractivity contribution in [1.82, 2.24) is 10.6 Å². The van der Waals surface area contributed by atoms with Gasteiger partial charge in [0.1, 0.15) is 13.2 Å². The van der Waals surface area contributed by atoms with E-state index in [0.717, 1.165) is 43.9 Å². The summed E-state index contributed by atoms with van der Waals surface area (Å²) in [4.78, 5) is 38.1. The van der Waals surface area contributed by atoms with Crippen LogP contribution in [-0.4, -0.2) is 50.2 Å². The minimum atomic E-state index is -0.555. The van der Waals surface area contributed by atoms with E-state index in [-0.39, 0.29) is 13.2 Å². The molecule has 0 rings (SSSR count). The number of rotatable bonds is 13. The standard InChI is InChI=1S/C17H29N3O6/c1-4-14(3)20-26-17(23)19-11-9-7-6-8-10-18-16(22)25-13-12-24-15(21)5-2/h5H,2,4,6-13H2,1,3H3,(H,18,22)(H,19,23). The molecule has 0 aliphatic carbocycles. The molecule has 0 saturated carbocycles. The van der Waals surface area contributed by atoms with E-state index in [9.17, 15) is 14.4 Å². The molecule has 9 nitrogen and oxygen atoms in total. The quantitative estimate of drug-likeness (QED) is 0.128. The van der Waals surface area contributed by atoms with Crippen molar-refractivity contribution in [1.29, 1.82) is 0 Å². The Morgan fingerprint density at radius 3 is 2.12 bits per heavy atom. The van der Waals surface area contributed by atoms with E-state index in [2.05, 4.69) is 31.9 Å². The van der Waals surface area contributed by atoms with Crippen LogP contribution in [0.5, 0.6) is 0 Å². The van der Waals surface area contributed by atoms with Gasteiger partial charge in [0.05, 0.1) is 5.71 Å². The number of alkyl carbamates (subject to hydrolysis) is 1. The Labute approximate surface area is 154 Å². The van der Waals surface area contributed by atoms with E-state index in [1.165, 1.54) is 0 Å². The zero-order valence-electron chi connectivity index (χ0n) is 15.5. The van der Waals surface area contributed by atoms with Crippen molar-refractivity contribution in [2.45, 2.75) is 46.0 Å². The van der Waals surface area contributed by atoms with Crippen molar-refractivity contribution in [2.75, 3.05) is 26.3 Å². The Hall–Kier alpha value is -2.58. The van der Waals surface area contributed by atoms with Gasteiger partial charge in [-0.2, -0.15) is 0 Å². The molecule has 148 valence electrons. The third-order valence-corrected chi connectivity index (χ3v) is 3.17. The van der Waals surface area contributed by atoms with Gasteiger partial charge >= 0.3 is 18.2 Å². The first-order chi connectivity index (χ1) is 12.5. The highest BCUT2D eigenvalue weighted by molar-refractivity contribution is 5.82. The van der Waals surface area contributed by atoms with Gasteiger partial charge in [-0.3, -0.25) is 4.84 Å². The number of esters is 1. The first-order valence-corrected chi connectivity index (χ1v) is 8.67. The Bertz CT molecular complexity index is 479. The molecular weight excluding hydrogens is 342 g/mol. The number of amides is 2. The second kappa shape index (κ2) is 15.9. The number of hydrogen-bond acceptors (Lipinski definition) is 7. The Morgan fingerprint density at radius 2 is 1.54 bits per heavy atom. The Morgan fingerprint density at radius 1 is 0.962 bits per heavy atom. The topological polar surface area (TPSA) is 115 Å². The number of nitrogens with zero attached hydrogens (tertiary/aromatic N) is 1. The van der Waals surface area contributed by atoms with Crippen molar-refractivity contribution in [3.05, 3.63) is 12.7 Å². The third kappa shape index (κ3) is 15.0. The molecule has 2 amide bonds. The zero-order chi connectivity index (χ0) is 19.6. The van der Waals surface area contributed by atoms with Crippen LogP contribution in [0, 0.1) is 0 Å². The minimum Gasteiger partial charge on any atom is -0.459 e. The van der Waals surface area contributed by atoms with Gasteiger partial charge in [-0.05, 0) is 26.2 Å². The average Bonchev–Trinajstić information content (AvgIpc) is 2.64. The fourth-order valence-corrected chi connectivity index (χ4v) is 1.59. The number of ether oxygens (including phenoxy) is 2. The SMILES string of the molecule is C=CC(=O)OCCOC(=O)NCCCCCCNC(=O)ON=C(C)CC. The van der Waals surface area contributed by atoms with Gasteiger partial charge < -0.3 is 20.1 Å². The molecule has 0 aliphatic heterocycles. The molecule has 0 aromatic rings. The van der Waals surface area contributed by atoms with Gasteiger partial charge in [-0.15, -0.1) is 0 Å². The van der Waals surface area contributed by atoms with Crippen LogP contribution in [0.1, 0.15) is 46.0 Å². The molecule has 0 spiro atoms. The molecule has 0 fully saturated rings. The maximum absolute atomic E-state index is 11.3. The number of carbonyl (C=O) groups excluding carboxylic acids is 3.